The lowest BCUT2D eigenvalue weighted by molar-refractivity contribution is 0.107. The summed E-state index contributed by atoms with van der Waals surface area (Å²) in [6.45, 7) is 2.13. The molecule has 4 nitrogen and oxygen atoms in total. The van der Waals surface area contributed by atoms with Crippen molar-refractivity contribution in [2.45, 2.75) is 25.8 Å². The van der Waals surface area contributed by atoms with Crippen LogP contribution in [-0.4, -0.2) is 19.2 Å². The van der Waals surface area contributed by atoms with Gasteiger partial charge in [0.15, 0.2) is 0 Å². The van der Waals surface area contributed by atoms with Gasteiger partial charge in [0, 0.05) is 6.04 Å². The summed E-state index contributed by atoms with van der Waals surface area (Å²) < 4.78 is 0. The van der Waals surface area contributed by atoms with Crippen molar-refractivity contribution in [1.82, 2.24) is 10.8 Å². The van der Waals surface area contributed by atoms with Crippen molar-refractivity contribution in [3.63, 3.8) is 0 Å². The van der Waals surface area contributed by atoms with Gasteiger partial charge in [-0.15, -0.1) is 0 Å². The third kappa shape index (κ3) is 2.38. The molecule has 2 amide bonds. The molecule has 2 atom stereocenters. The van der Waals surface area contributed by atoms with Crippen molar-refractivity contribution in [1.29, 1.82) is 0 Å². The Morgan fingerprint density at radius 2 is 2.45 bits per heavy atom. The highest BCUT2D eigenvalue weighted by atomic mass is 16.6. The SMILES string of the molecule is CCC1CC1NC(=O)NOC. The van der Waals surface area contributed by atoms with Crippen molar-refractivity contribution in [2.75, 3.05) is 7.11 Å². The largest absolute Gasteiger partial charge is 0.338 e. The van der Waals surface area contributed by atoms with Gasteiger partial charge >= 0.3 is 6.03 Å². The molecule has 0 spiro atoms. The highest BCUT2D eigenvalue weighted by molar-refractivity contribution is 5.73. The van der Waals surface area contributed by atoms with Crippen LogP contribution in [0.3, 0.4) is 0 Å². The third-order valence-electron chi connectivity index (χ3n) is 1.96. The lowest BCUT2D eigenvalue weighted by atomic mass is 10.3. The first-order valence-electron chi connectivity index (χ1n) is 3.87. The van der Waals surface area contributed by atoms with Crippen LogP contribution < -0.4 is 10.8 Å². The van der Waals surface area contributed by atoms with Gasteiger partial charge in [0.05, 0.1) is 7.11 Å². The lowest BCUT2D eigenvalue weighted by Crippen LogP contribution is -2.36. The summed E-state index contributed by atoms with van der Waals surface area (Å²) in [5.74, 6) is 0.678. The first kappa shape index (κ1) is 8.33. The molecule has 0 radical (unpaired) electrons. The minimum Gasteiger partial charge on any atom is -0.333 e. The Morgan fingerprint density at radius 3 is 2.91 bits per heavy atom. The quantitative estimate of drug-likeness (QED) is 0.592. The zero-order valence-corrected chi connectivity index (χ0v) is 6.89. The summed E-state index contributed by atoms with van der Waals surface area (Å²) in [5, 5.41) is 2.78. The van der Waals surface area contributed by atoms with Crippen molar-refractivity contribution in [2.24, 2.45) is 5.92 Å². The average molecular weight is 158 g/mol. The summed E-state index contributed by atoms with van der Waals surface area (Å²) >= 11 is 0. The summed E-state index contributed by atoms with van der Waals surface area (Å²) in [4.78, 5) is 15.2. The maximum atomic E-state index is 10.8. The van der Waals surface area contributed by atoms with E-state index in [2.05, 4.69) is 22.6 Å². The number of rotatable bonds is 3. The average Bonchev–Trinajstić information content (AvgIpc) is 2.68. The van der Waals surface area contributed by atoms with Gasteiger partial charge in [-0.3, -0.25) is 4.84 Å². The normalized spacial score (nSPS) is 27.8. The zero-order valence-electron chi connectivity index (χ0n) is 6.89. The smallest absolute Gasteiger partial charge is 0.333 e. The minimum absolute atomic E-state index is 0.242. The van der Waals surface area contributed by atoms with Crippen molar-refractivity contribution >= 4 is 6.03 Å². The number of amides is 2. The van der Waals surface area contributed by atoms with Crippen LogP contribution in [0, 0.1) is 5.92 Å². The number of carbonyl (C=O) groups excluding carboxylic acids is 1. The second-order valence-corrected chi connectivity index (χ2v) is 2.79. The fraction of sp³-hybridized carbons (Fsp3) is 0.857. The second-order valence-electron chi connectivity index (χ2n) is 2.79. The Kier molecular flexibility index (Phi) is 2.70. The number of nitrogens with one attached hydrogen (secondary N) is 2. The Labute approximate surface area is 66.3 Å². The van der Waals surface area contributed by atoms with Gasteiger partial charge in [-0.1, -0.05) is 13.3 Å². The van der Waals surface area contributed by atoms with Crippen molar-refractivity contribution in [3.05, 3.63) is 0 Å². The van der Waals surface area contributed by atoms with E-state index in [1.54, 1.807) is 0 Å². The van der Waals surface area contributed by atoms with Gasteiger partial charge < -0.3 is 5.32 Å². The number of carbonyl (C=O) groups is 1. The topological polar surface area (TPSA) is 50.4 Å². The fourth-order valence-corrected chi connectivity index (χ4v) is 1.17. The Balaban J connectivity index is 2.08. The molecule has 0 aliphatic heterocycles. The molecule has 11 heavy (non-hydrogen) atoms. The van der Waals surface area contributed by atoms with E-state index in [9.17, 15) is 4.79 Å². The number of hydrogen-bond donors (Lipinski definition) is 2. The number of hydrogen-bond acceptors (Lipinski definition) is 2. The van der Waals surface area contributed by atoms with E-state index in [-0.39, 0.29) is 6.03 Å². The standard InChI is InChI=1S/C7H14N2O2/c1-3-5-4-6(5)8-7(10)9-11-2/h5-6H,3-4H2,1-2H3,(H2,8,9,10). The van der Waals surface area contributed by atoms with Crippen molar-refractivity contribution in [3.8, 4) is 0 Å². The summed E-state index contributed by atoms with van der Waals surface area (Å²) in [5.41, 5.74) is 2.21. The van der Waals surface area contributed by atoms with Gasteiger partial charge in [0.2, 0.25) is 0 Å². The van der Waals surface area contributed by atoms with Gasteiger partial charge in [0.1, 0.15) is 0 Å². The third-order valence-corrected chi connectivity index (χ3v) is 1.96. The molecule has 0 aromatic rings. The predicted octanol–water partition coefficient (Wildman–Crippen LogP) is 0.646. The minimum atomic E-state index is -0.242. The van der Waals surface area contributed by atoms with Gasteiger partial charge in [0.25, 0.3) is 0 Å². The number of urea groups is 1. The molecule has 1 rings (SSSR count). The van der Waals surface area contributed by atoms with Crippen molar-refractivity contribution < 1.29 is 9.63 Å². The molecule has 1 saturated carbocycles. The molecule has 0 bridgehead atoms. The molecule has 0 aromatic carbocycles. The maximum absolute atomic E-state index is 10.8. The molecule has 1 aliphatic rings. The van der Waals surface area contributed by atoms with Gasteiger partial charge in [-0.05, 0) is 12.3 Å². The first-order chi connectivity index (χ1) is 5.27. The Morgan fingerprint density at radius 1 is 1.73 bits per heavy atom. The van der Waals surface area contributed by atoms with Crippen LogP contribution in [0.1, 0.15) is 19.8 Å². The second kappa shape index (κ2) is 3.57. The zero-order chi connectivity index (χ0) is 8.27. The highest BCUT2D eigenvalue weighted by Crippen LogP contribution is 2.32. The Hall–Kier alpha value is -0.770. The highest BCUT2D eigenvalue weighted by Gasteiger charge is 2.36. The van der Waals surface area contributed by atoms with E-state index in [0.29, 0.717) is 12.0 Å². The van der Waals surface area contributed by atoms with Crippen LogP contribution in [0.2, 0.25) is 0 Å². The first-order valence-corrected chi connectivity index (χ1v) is 3.87. The van der Waals surface area contributed by atoms with E-state index in [4.69, 9.17) is 0 Å². The van der Waals surface area contributed by atoms with Crippen LogP contribution in [0.15, 0.2) is 0 Å². The predicted molar refractivity (Wildman–Crippen MR) is 40.9 cm³/mol. The van der Waals surface area contributed by atoms with Gasteiger partial charge in [-0.25, -0.2) is 10.3 Å². The molecule has 2 N–H and O–H groups in total. The van der Waals surface area contributed by atoms with E-state index in [1.165, 1.54) is 7.11 Å². The molecule has 2 unspecified atom stereocenters. The maximum Gasteiger partial charge on any atom is 0.338 e. The molecular formula is C7H14N2O2. The molecule has 4 heteroatoms. The lowest BCUT2D eigenvalue weighted by Gasteiger charge is -2.03. The van der Waals surface area contributed by atoms with E-state index >= 15 is 0 Å². The fourth-order valence-electron chi connectivity index (χ4n) is 1.17. The molecule has 64 valence electrons. The van der Waals surface area contributed by atoms with E-state index in [0.717, 1.165) is 12.8 Å². The molecule has 0 heterocycles. The molecule has 0 saturated heterocycles. The van der Waals surface area contributed by atoms with Crippen LogP contribution >= 0.6 is 0 Å². The molecule has 1 aliphatic carbocycles. The summed E-state index contributed by atoms with van der Waals surface area (Å²) in [6.07, 6.45) is 2.24. The van der Waals surface area contributed by atoms with Crippen LogP contribution in [0.5, 0.6) is 0 Å². The van der Waals surface area contributed by atoms with Gasteiger partial charge in [-0.2, -0.15) is 0 Å². The molecule has 0 aromatic heterocycles. The van der Waals surface area contributed by atoms with Crippen LogP contribution in [0.4, 0.5) is 4.79 Å². The molecular weight excluding hydrogens is 144 g/mol. The molecule has 1 fully saturated rings. The van der Waals surface area contributed by atoms with Crippen LogP contribution in [0.25, 0.3) is 0 Å². The Bertz CT molecular complexity index is 149. The van der Waals surface area contributed by atoms with Crippen LogP contribution in [-0.2, 0) is 4.84 Å². The van der Waals surface area contributed by atoms with E-state index < -0.39 is 0 Å². The monoisotopic (exact) mass is 158 g/mol. The summed E-state index contributed by atoms with van der Waals surface area (Å²) in [6, 6.07) is 0.128. The number of hydroxylamine groups is 1. The summed E-state index contributed by atoms with van der Waals surface area (Å²) in [7, 11) is 1.42. The van der Waals surface area contributed by atoms with E-state index in [1.807, 2.05) is 0 Å².